The zero-order valence-electron chi connectivity index (χ0n) is 10.8. The second-order valence-corrected chi connectivity index (χ2v) is 5.25. The fourth-order valence-electron chi connectivity index (χ4n) is 1.52. The van der Waals surface area contributed by atoms with Crippen LogP contribution in [0.2, 0.25) is 15.1 Å². The Morgan fingerprint density at radius 3 is 2.41 bits per heavy atom. The van der Waals surface area contributed by atoms with E-state index < -0.39 is 10.9 Å². The first-order valence-corrected chi connectivity index (χ1v) is 6.93. The molecule has 0 aliphatic heterocycles. The molecular weight excluding hydrogens is 355 g/mol. The van der Waals surface area contributed by atoms with Gasteiger partial charge in [-0.2, -0.15) is 0 Å². The van der Waals surface area contributed by atoms with Gasteiger partial charge in [-0.1, -0.05) is 34.8 Å². The Hall–Kier alpha value is -1.89. The summed E-state index contributed by atoms with van der Waals surface area (Å²) in [4.78, 5) is 25.7. The summed E-state index contributed by atoms with van der Waals surface area (Å²) < 4.78 is 5.03. The van der Waals surface area contributed by atoms with Crippen molar-refractivity contribution < 1.29 is 14.5 Å². The van der Waals surface area contributed by atoms with Gasteiger partial charge >= 0.3 is 5.97 Å². The zero-order chi connectivity index (χ0) is 16.3. The van der Waals surface area contributed by atoms with E-state index in [2.05, 4.69) is 4.98 Å². The molecule has 0 bridgehead atoms. The monoisotopic (exact) mass is 360 g/mol. The van der Waals surface area contributed by atoms with Crippen LogP contribution in [0.5, 0.6) is 0 Å². The maximum atomic E-state index is 11.9. The van der Waals surface area contributed by atoms with Gasteiger partial charge in [-0.3, -0.25) is 10.1 Å². The number of benzene rings is 1. The number of nitrogens with zero attached hydrogens (tertiary/aromatic N) is 2. The third-order valence-electron chi connectivity index (χ3n) is 2.63. The van der Waals surface area contributed by atoms with Crippen molar-refractivity contribution in [3.8, 4) is 0 Å². The molecule has 9 heteroatoms. The molecule has 2 rings (SSSR count). The molecule has 0 unspecified atom stereocenters. The molecule has 0 aliphatic carbocycles. The summed E-state index contributed by atoms with van der Waals surface area (Å²) in [5.74, 6) is -0.776. The van der Waals surface area contributed by atoms with Crippen LogP contribution >= 0.6 is 34.8 Å². The summed E-state index contributed by atoms with van der Waals surface area (Å²) in [6.45, 7) is -0.0882. The van der Waals surface area contributed by atoms with Crippen molar-refractivity contribution in [3.05, 3.63) is 66.9 Å². The van der Waals surface area contributed by atoms with Crippen molar-refractivity contribution in [1.82, 2.24) is 4.98 Å². The van der Waals surface area contributed by atoms with Crippen LogP contribution in [-0.2, 0) is 11.3 Å². The lowest BCUT2D eigenvalue weighted by molar-refractivity contribution is -0.384. The molecule has 22 heavy (non-hydrogen) atoms. The number of carbonyl (C=O) groups is 1. The van der Waals surface area contributed by atoms with Gasteiger partial charge in [-0.15, -0.1) is 0 Å². The van der Waals surface area contributed by atoms with Crippen LogP contribution in [-0.4, -0.2) is 15.9 Å². The minimum atomic E-state index is -0.776. The third kappa shape index (κ3) is 3.65. The van der Waals surface area contributed by atoms with Gasteiger partial charge in [0.1, 0.15) is 6.61 Å². The average molecular weight is 362 g/mol. The van der Waals surface area contributed by atoms with Gasteiger partial charge in [0.2, 0.25) is 0 Å². The van der Waals surface area contributed by atoms with E-state index in [0.717, 1.165) is 0 Å². The molecule has 1 aromatic carbocycles. The van der Waals surface area contributed by atoms with Gasteiger partial charge in [0.05, 0.1) is 20.0 Å². The zero-order valence-corrected chi connectivity index (χ0v) is 13.0. The van der Waals surface area contributed by atoms with E-state index in [4.69, 9.17) is 39.5 Å². The van der Waals surface area contributed by atoms with Gasteiger partial charge in [0.15, 0.2) is 5.69 Å². The highest BCUT2D eigenvalue weighted by Gasteiger charge is 2.18. The largest absolute Gasteiger partial charge is 0.456 e. The molecule has 0 N–H and O–H groups in total. The maximum Gasteiger partial charge on any atom is 0.358 e. The van der Waals surface area contributed by atoms with Crippen molar-refractivity contribution in [2.75, 3.05) is 0 Å². The minimum absolute atomic E-state index is 0.0145. The van der Waals surface area contributed by atoms with Gasteiger partial charge in [-0.05, 0) is 17.7 Å². The number of carbonyl (C=O) groups excluding carboxylic acids is 1. The van der Waals surface area contributed by atoms with Crippen LogP contribution in [0.4, 0.5) is 5.69 Å². The van der Waals surface area contributed by atoms with Crippen LogP contribution in [0.3, 0.4) is 0 Å². The van der Waals surface area contributed by atoms with Crippen molar-refractivity contribution in [2.45, 2.75) is 6.61 Å². The van der Waals surface area contributed by atoms with E-state index in [-0.39, 0.29) is 33.1 Å². The van der Waals surface area contributed by atoms with Crippen LogP contribution in [0.25, 0.3) is 0 Å². The second-order valence-electron chi connectivity index (χ2n) is 4.08. The van der Waals surface area contributed by atoms with E-state index in [1.165, 1.54) is 30.5 Å². The Morgan fingerprint density at radius 1 is 1.18 bits per heavy atom. The number of hydrogen-bond acceptors (Lipinski definition) is 5. The number of non-ortho nitro benzene ring substituents is 1. The van der Waals surface area contributed by atoms with Crippen molar-refractivity contribution in [3.63, 3.8) is 0 Å². The molecule has 0 aliphatic rings. The highest BCUT2D eigenvalue weighted by atomic mass is 35.5. The van der Waals surface area contributed by atoms with Gasteiger partial charge < -0.3 is 4.74 Å². The highest BCUT2D eigenvalue weighted by molar-refractivity contribution is 6.48. The predicted molar refractivity (Wildman–Crippen MR) is 81.5 cm³/mol. The minimum Gasteiger partial charge on any atom is -0.456 e. The Bertz CT molecular complexity index is 735. The summed E-state index contributed by atoms with van der Waals surface area (Å²) in [5, 5.41) is 10.6. The highest BCUT2D eigenvalue weighted by Crippen LogP contribution is 2.31. The fraction of sp³-hybridized carbons (Fsp3) is 0.0769. The third-order valence-corrected chi connectivity index (χ3v) is 3.87. The topological polar surface area (TPSA) is 82.3 Å². The summed E-state index contributed by atoms with van der Waals surface area (Å²) in [6, 6.07) is 5.59. The molecule has 1 aromatic heterocycles. The van der Waals surface area contributed by atoms with Crippen molar-refractivity contribution in [2.24, 2.45) is 0 Å². The summed E-state index contributed by atoms with van der Waals surface area (Å²) in [6.07, 6.45) is 1.19. The number of pyridine rings is 1. The quantitative estimate of drug-likeness (QED) is 0.460. The first-order valence-electron chi connectivity index (χ1n) is 5.80. The Labute approximate surface area is 139 Å². The van der Waals surface area contributed by atoms with Gasteiger partial charge in [0.25, 0.3) is 5.69 Å². The molecule has 0 spiro atoms. The smallest absolute Gasteiger partial charge is 0.358 e. The normalized spacial score (nSPS) is 10.3. The van der Waals surface area contributed by atoms with Crippen molar-refractivity contribution >= 4 is 46.5 Å². The lowest BCUT2D eigenvalue weighted by atomic mass is 10.2. The molecule has 114 valence electrons. The number of aromatic nitrogens is 1. The number of halogens is 3. The first-order chi connectivity index (χ1) is 10.4. The fourth-order valence-corrected chi connectivity index (χ4v) is 2.07. The van der Waals surface area contributed by atoms with Gasteiger partial charge in [0, 0.05) is 18.3 Å². The Kier molecular flexibility index (Phi) is 5.18. The number of hydrogen-bond donors (Lipinski definition) is 0. The summed E-state index contributed by atoms with van der Waals surface area (Å²) in [5.41, 5.74) is 0.373. The maximum absolute atomic E-state index is 11.9. The predicted octanol–water partition coefficient (Wildman–Crippen LogP) is 4.31. The molecular formula is C13H7Cl3N2O4. The number of nitro groups is 1. The molecule has 0 amide bonds. The lowest BCUT2D eigenvalue weighted by Gasteiger charge is -2.07. The first kappa shape index (κ1) is 16.5. The summed E-state index contributed by atoms with van der Waals surface area (Å²) in [7, 11) is 0. The lowest BCUT2D eigenvalue weighted by Crippen LogP contribution is -2.08. The van der Waals surface area contributed by atoms with Crippen LogP contribution < -0.4 is 0 Å². The molecule has 1 heterocycles. The van der Waals surface area contributed by atoms with Crippen LogP contribution in [0, 0.1) is 10.1 Å². The SMILES string of the molecule is O=C(OCc1ccc([N+](=O)[O-])cc1)c1ncc(Cl)c(Cl)c1Cl. The van der Waals surface area contributed by atoms with Crippen LogP contribution in [0.1, 0.15) is 16.1 Å². The summed E-state index contributed by atoms with van der Waals surface area (Å²) >= 11 is 17.4. The molecule has 0 radical (unpaired) electrons. The van der Waals surface area contributed by atoms with E-state index in [1.54, 1.807) is 0 Å². The molecule has 6 nitrogen and oxygen atoms in total. The van der Waals surface area contributed by atoms with Crippen molar-refractivity contribution in [1.29, 1.82) is 0 Å². The molecule has 0 saturated carbocycles. The molecule has 0 saturated heterocycles. The number of ether oxygens (including phenoxy) is 1. The van der Waals surface area contributed by atoms with E-state index >= 15 is 0 Å². The van der Waals surface area contributed by atoms with Crippen LogP contribution in [0.15, 0.2) is 30.5 Å². The van der Waals surface area contributed by atoms with Gasteiger partial charge in [-0.25, -0.2) is 9.78 Å². The molecule has 0 fully saturated rings. The number of nitro benzene ring substituents is 1. The average Bonchev–Trinajstić information content (AvgIpc) is 2.51. The molecule has 2 aromatic rings. The second kappa shape index (κ2) is 6.91. The molecule has 0 atom stereocenters. The Balaban J connectivity index is 2.07. The standard InChI is InChI=1S/C13H7Cl3N2O4/c14-9-5-17-12(11(16)10(9)15)13(19)22-6-7-1-3-8(4-2-7)18(20)21/h1-5H,6H2. The number of rotatable bonds is 4. The Morgan fingerprint density at radius 2 is 1.82 bits per heavy atom. The van der Waals surface area contributed by atoms with E-state index in [9.17, 15) is 14.9 Å². The van der Waals surface area contributed by atoms with E-state index in [1.807, 2.05) is 0 Å². The number of esters is 1. The van der Waals surface area contributed by atoms with E-state index in [0.29, 0.717) is 5.56 Å².